The van der Waals surface area contributed by atoms with Crippen LogP contribution in [0.2, 0.25) is 5.15 Å². The molecule has 1 aromatic carbocycles. The summed E-state index contributed by atoms with van der Waals surface area (Å²) in [5.74, 6) is -0.425. The van der Waals surface area contributed by atoms with Crippen LogP contribution in [0.5, 0.6) is 0 Å². The fraction of sp³-hybridized carbons (Fsp3) is 0.111. The number of ether oxygens (including phenoxy) is 1. The van der Waals surface area contributed by atoms with E-state index in [0.717, 1.165) is 11.1 Å². The van der Waals surface area contributed by atoms with Crippen molar-refractivity contribution in [1.29, 1.82) is 0 Å². The second-order valence-electron chi connectivity index (χ2n) is 5.38. The average molecular weight is 341 g/mol. The summed E-state index contributed by atoms with van der Waals surface area (Å²) in [7, 11) is 1.36. The topological polar surface area (TPSA) is 57.3 Å². The molecular weight excluding hydrogens is 328 g/mol. The monoisotopic (exact) mass is 340 g/mol. The van der Waals surface area contributed by atoms with Crippen molar-refractivity contribution >= 4 is 39.6 Å². The lowest BCUT2D eigenvalue weighted by Crippen LogP contribution is -2.11. The maximum absolute atomic E-state index is 12.2. The summed E-state index contributed by atoms with van der Waals surface area (Å²) in [4.78, 5) is 16.3. The first-order valence-corrected chi connectivity index (χ1v) is 7.75. The van der Waals surface area contributed by atoms with Crippen LogP contribution < -0.4 is 0 Å². The Bertz CT molecular complexity index is 1050. The largest absolute Gasteiger partial charge is 0.464 e. The molecule has 0 aliphatic rings. The van der Waals surface area contributed by atoms with E-state index in [1.165, 1.54) is 7.11 Å². The number of hydrogen-bond donors (Lipinski definition) is 0. The third-order valence-corrected chi connectivity index (χ3v) is 4.25. The Kier molecular flexibility index (Phi) is 3.50. The van der Waals surface area contributed by atoms with Crippen LogP contribution in [0, 0.1) is 0 Å². The number of methoxy groups -OCH3 is 1. The van der Waals surface area contributed by atoms with E-state index in [4.69, 9.17) is 20.8 Å². The summed E-state index contributed by atoms with van der Waals surface area (Å²) >= 11 is 6.27. The number of furan rings is 1. The molecule has 4 aromatic rings. The number of esters is 1. The fourth-order valence-electron chi connectivity index (χ4n) is 2.90. The van der Waals surface area contributed by atoms with E-state index in [2.05, 4.69) is 4.98 Å². The summed E-state index contributed by atoms with van der Waals surface area (Å²) < 4.78 is 12.6. The molecule has 0 radical (unpaired) electrons. The highest BCUT2D eigenvalue weighted by atomic mass is 35.5. The number of aromatic nitrogens is 2. The van der Waals surface area contributed by atoms with Gasteiger partial charge < -0.3 is 13.7 Å². The minimum atomic E-state index is -0.425. The predicted molar refractivity (Wildman–Crippen MR) is 91.4 cm³/mol. The number of carbonyl (C=O) groups is 1. The number of rotatable bonds is 3. The molecule has 0 saturated carbocycles. The Morgan fingerprint density at radius 1 is 1.25 bits per heavy atom. The highest BCUT2D eigenvalue weighted by Gasteiger charge is 2.22. The molecule has 3 aromatic heterocycles. The Morgan fingerprint density at radius 3 is 2.79 bits per heavy atom. The zero-order valence-electron chi connectivity index (χ0n) is 12.8. The van der Waals surface area contributed by atoms with Crippen molar-refractivity contribution in [3.8, 4) is 0 Å². The molecule has 0 aliphatic carbocycles. The summed E-state index contributed by atoms with van der Waals surface area (Å²) in [6, 6.07) is 13.3. The lowest BCUT2D eigenvalue weighted by Gasteiger charge is -2.09. The second-order valence-corrected chi connectivity index (χ2v) is 5.74. The summed E-state index contributed by atoms with van der Waals surface area (Å²) in [6.45, 7) is 0.495. The van der Waals surface area contributed by atoms with Gasteiger partial charge in [-0.2, -0.15) is 0 Å². The number of pyridine rings is 1. The van der Waals surface area contributed by atoms with Crippen LogP contribution in [0.25, 0.3) is 22.1 Å². The SMILES string of the molecule is COC(=O)c1cc2oc3ccnc(Cl)c3c2n1Cc1ccccc1. The predicted octanol–water partition coefficient (Wildman–Crippen LogP) is 4.27. The zero-order chi connectivity index (χ0) is 16.7. The van der Waals surface area contributed by atoms with Gasteiger partial charge in [0.1, 0.15) is 16.4 Å². The van der Waals surface area contributed by atoms with Gasteiger partial charge in [0, 0.05) is 18.8 Å². The Labute approximate surface area is 142 Å². The van der Waals surface area contributed by atoms with Crippen LogP contribution in [-0.4, -0.2) is 22.6 Å². The van der Waals surface area contributed by atoms with E-state index >= 15 is 0 Å². The van der Waals surface area contributed by atoms with Gasteiger partial charge in [-0.1, -0.05) is 41.9 Å². The molecule has 0 N–H and O–H groups in total. The van der Waals surface area contributed by atoms with Gasteiger partial charge in [-0.05, 0) is 11.6 Å². The molecule has 120 valence electrons. The number of nitrogens with zero attached hydrogens (tertiary/aromatic N) is 2. The molecule has 0 bridgehead atoms. The Hall–Kier alpha value is -2.79. The Balaban J connectivity index is 2.02. The van der Waals surface area contributed by atoms with E-state index < -0.39 is 5.97 Å². The molecule has 4 rings (SSSR count). The lowest BCUT2D eigenvalue weighted by molar-refractivity contribution is 0.0589. The molecule has 0 saturated heterocycles. The van der Waals surface area contributed by atoms with E-state index in [1.807, 2.05) is 34.9 Å². The summed E-state index contributed by atoms with van der Waals surface area (Å²) in [5, 5.41) is 1.04. The third-order valence-electron chi connectivity index (χ3n) is 3.96. The van der Waals surface area contributed by atoms with Gasteiger partial charge in [0.05, 0.1) is 18.0 Å². The highest BCUT2D eigenvalue weighted by molar-refractivity contribution is 6.36. The first kappa shape index (κ1) is 14.8. The molecule has 0 amide bonds. The quantitative estimate of drug-likeness (QED) is 0.413. The van der Waals surface area contributed by atoms with Crippen molar-refractivity contribution in [2.75, 3.05) is 7.11 Å². The van der Waals surface area contributed by atoms with Gasteiger partial charge in [-0.25, -0.2) is 9.78 Å². The Morgan fingerprint density at radius 2 is 2.04 bits per heavy atom. The van der Waals surface area contributed by atoms with Gasteiger partial charge in [-0.15, -0.1) is 0 Å². The number of fused-ring (bicyclic) bond motifs is 3. The van der Waals surface area contributed by atoms with Crippen LogP contribution in [0.3, 0.4) is 0 Å². The third kappa shape index (κ3) is 2.25. The summed E-state index contributed by atoms with van der Waals surface area (Å²) in [5.41, 5.74) is 3.42. The minimum absolute atomic E-state index is 0.343. The smallest absolute Gasteiger partial charge is 0.354 e. The van der Waals surface area contributed by atoms with Crippen molar-refractivity contribution in [1.82, 2.24) is 9.55 Å². The zero-order valence-corrected chi connectivity index (χ0v) is 13.6. The molecule has 0 atom stereocenters. The maximum atomic E-state index is 12.2. The molecule has 0 spiro atoms. The fourth-order valence-corrected chi connectivity index (χ4v) is 3.14. The van der Waals surface area contributed by atoms with Crippen molar-refractivity contribution in [3.63, 3.8) is 0 Å². The molecule has 5 nitrogen and oxygen atoms in total. The lowest BCUT2D eigenvalue weighted by atomic mass is 10.2. The van der Waals surface area contributed by atoms with E-state index in [9.17, 15) is 4.79 Å². The van der Waals surface area contributed by atoms with Crippen molar-refractivity contribution in [2.24, 2.45) is 0 Å². The molecular formula is C18H13ClN2O3. The van der Waals surface area contributed by atoms with Gasteiger partial charge in [0.2, 0.25) is 0 Å². The van der Waals surface area contributed by atoms with E-state index in [0.29, 0.717) is 33.9 Å². The second kappa shape index (κ2) is 5.69. The van der Waals surface area contributed by atoms with Crippen LogP contribution in [0.15, 0.2) is 53.1 Å². The summed E-state index contributed by atoms with van der Waals surface area (Å²) in [6.07, 6.45) is 1.59. The molecule has 0 fully saturated rings. The van der Waals surface area contributed by atoms with Crippen molar-refractivity contribution in [3.05, 3.63) is 65.1 Å². The van der Waals surface area contributed by atoms with Gasteiger partial charge >= 0.3 is 5.97 Å². The van der Waals surface area contributed by atoms with Crippen LogP contribution in [0.1, 0.15) is 16.1 Å². The maximum Gasteiger partial charge on any atom is 0.354 e. The number of halogens is 1. The number of benzene rings is 1. The molecule has 6 heteroatoms. The molecule has 24 heavy (non-hydrogen) atoms. The van der Waals surface area contributed by atoms with Crippen LogP contribution in [-0.2, 0) is 11.3 Å². The van der Waals surface area contributed by atoms with E-state index in [1.54, 1.807) is 18.3 Å². The standard InChI is InChI=1S/C18H13ClN2O3/c1-23-18(22)12-9-14-16(15-13(24-14)7-8-20-17(15)19)21(12)10-11-5-3-2-4-6-11/h2-9H,10H2,1H3. The van der Waals surface area contributed by atoms with Gasteiger partial charge in [0.25, 0.3) is 0 Å². The minimum Gasteiger partial charge on any atom is -0.464 e. The molecule has 0 aliphatic heterocycles. The van der Waals surface area contributed by atoms with Crippen molar-refractivity contribution in [2.45, 2.75) is 6.54 Å². The van der Waals surface area contributed by atoms with Gasteiger partial charge in [-0.3, -0.25) is 0 Å². The van der Waals surface area contributed by atoms with E-state index in [-0.39, 0.29) is 0 Å². The van der Waals surface area contributed by atoms with Crippen LogP contribution in [0.4, 0.5) is 0 Å². The normalized spacial score (nSPS) is 11.2. The number of hydrogen-bond acceptors (Lipinski definition) is 4. The van der Waals surface area contributed by atoms with Crippen molar-refractivity contribution < 1.29 is 13.9 Å². The highest BCUT2D eigenvalue weighted by Crippen LogP contribution is 2.35. The number of carbonyl (C=O) groups excluding carboxylic acids is 1. The molecule has 3 heterocycles. The van der Waals surface area contributed by atoms with Gasteiger partial charge in [0.15, 0.2) is 5.58 Å². The molecule has 0 unspecified atom stereocenters. The first-order valence-electron chi connectivity index (χ1n) is 7.37. The average Bonchev–Trinajstić information content (AvgIpc) is 3.12. The first-order chi connectivity index (χ1) is 11.7. The van der Waals surface area contributed by atoms with Crippen LogP contribution >= 0.6 is 11.6 Å².